The van der Waals surface area contributed by atoms with Gasteiger partial charge in [-0.05, 0) is 13.0 Å². The van der Waals surface area contributed by atoms with Crippen LogP contribution >= 0.6 is 0 Å². The zero-order valence-corrected chi connectivity index (χ0v) is 7.05. The predicted molar refractivity (Wildman–Crippen MR) is 46.1 cm³/mol. The molecule has 0 spiro atoms. The molecule has 0 N–H and O–H groups in total. The molecule has 0 aromatic heterocycles. The smallest absolute Gasteiger partial charge is 0.182 e. The summed E-state index contributed by atoms with van der Waals surface area (Å²) in [5, 5.41) is 0. The Morgan fingerprint density at radius 2 is 2.45 bits per heavy atom. The van der Waals surface area contributed by atoms with Crippen LogP contribution in [0.3, 0.4) is 0 Å². The summed E-state index contributed by atoms with van der Waals surface area (Å²) in [5.41, 5.74) is 0. The van der Waals surface area contributed by atoms with Crippen molar-refractivity contribution in [2.75, 3.05) is 19.7 Å². The summed E-state index contributed by atoms with van der Waals surface area (Å²) in [6, 6.07) is 0. The molecule has 62 valence electrons. The first-order valence-corrected chi connectivity index (χ1v) is 4.06. The average Bonchev–Trinajstić information content (AvgIpc) is 2.37. The molecular formula is C9H15NO. The normalized spacial score (nSPS) is 17.9. The lowest BCUT2D eigenvalue weighted by Crippen LogP contribution is -2.17. The molecule has 0 amide bonds. The summed E-state index contributed by atoms with van der Waals surface area (Å²) in [6.45, 7) is 8.62. The summed E-state index contributed by atoms with van der Waals surface area (Å²) >= 11 is 0. The largest absolute Gasteiger partial charge is 0.478 e. The minimum Gasteiger partial charge on any atom is -0.478 e. The Morgan fingerprint density at radius 1 is 1.64 bits per heavy atom. The quantitative estimate of drug-likeness (QED) is 0.573. The van der Waals surface area contributed by atoms with Crippen molar-refractivity contribution in [1.29, 1.82) is 0 Å². The lowest BCUT2D eigenvalue weighted by atomic mass is 10.4. The fourth-order valence-electron chi connectivity index (χ4n) is 1.05. The van der Waals surface area contributed by atoms with Crippen molar-refractivity contribution in [2.45, 2.75) is 13.3 Å². The molecule has 0 radical (unpaired) electrons. The molecule has 1 saturated heterocycles. The third-order valence-corrected chi connectivity index (χ3v) is 1.71. The summed E-state index contributed by atoms with van der Waals surface area (Å²) in [5.74, 6) is 0.811. The van der Waals surface area contributed by atoms with Gasteiger partial charge in [0.05, 0.1) is 6.54 Å². The summed E-state index contributed by atoms with van der Waals surface area (Å²) in [6.07, 6.45) is 5.41. The van der Waals surface area contributed by atoms with E-state index in [-0.39, 0.29) is 0 Å². The maximum absolute atomic E-state index is 5.19. The number of ether oxygens (including phenoxy) is 1. The Morgan fingerprint density at radius 3 is 3.00 bits per heavy atom. The predicted octanol–water partition coefficient (Wildman–Crippen LogP) is 1.76. The molecule has 1 fully saturated rings. The minimum atomic E-state index is 0.790. The second-order valence-corrected chi connectivity index (χ2v) is 2.57. The monoisotopic (exact) mass is 153 g/mol. The number of hydrogen-bond acceptors (Lipinski definition) is 2. The van der Waals surface area contributed by atoms with Gasteiger partial charge in [0.25, 0.3) is 0 Å². The fraction of sp³-hybridized carbons (Fsp3) is 0.556. The Kier molecular flexibility index (Phi) is 3.02. The van der Waals surface area contributed by atoms with Crippen LogP contribution in [0.25, 0.3) is 0 Å². The van der Waals surface area contributed by atoms with Crippen molar-refractivity contribution in [3.05, 3.63) is 24.6 Å². The molecule has 0 aromatic carbocycles. The number of allylic oxidation sites excluding steroid dienone is 1. The van der Waals surface area contributed by atoms with E-state index in [2.05, 4.69) is 30.6 Å². The van der Waals surface area contributed by atoms with Crippen molar-refractivity contribution in [3.63, 3.8) is 0 Å². The first-order chi connectivity index (χ1) is 5.34. The van der Waals surface area contributed by atoms with Crippen LogP contribution in [0.1, 0.15) is 13.3 Å². The van der Waals surface area contributed by atoms with Gasteiger partial charge < -0.3 is 9.64 Å². The van der Waals surface area contributed by atoms with Crippen LogP contribution in [0.15, 0.2) is 24.6 Å². The van der Waals surface area contributed by atoms with Gasteiger partial charge in [0.15, 0.2) is 5.88 Å². The minimum absolute atomic E-state index is 0.790. The van der Waals surface area contributed by atoms with Crippen molar-refractivity contribution < 1.29 is 4.74 Å². The molecule has 0 atom stereocenters. The molecule has 0 saturated carbocycles. The van der Waals surface area contributed by atoms with Gasteiger partial charge in [-0.15, -0.1) is 0 Å². The van der Waals surface area contributed by atoms with Crippen LogP contribution in [-0.2, 0) is 4.74 Å². The molecule has 0 bridgehead atoms. The van der Waals surface area contributed by atoms with Gasteiger partial charge >= 0.3 is 0 Å². The fourth-order valence-corrected chi connectivity index (χ4v) is 1.05. The first-order valence-electron chi connectivity index (χ1n) is 4.06. The van der Waals surface area contributed by atoms with Crippen LogP contribution in [0.2, 0.25) is 0 Å². The third-order valence-electron chi connectivity index (χ3n) is 1.71. The standard InChI is InChI=1S/C9H15NO/c1-3-4-5-6-10-7-8-11-9(10)2/h4-5H,2-3,6-8H2,1H3. The molecule has 0 unspecified atom stereocenters. The molecule has 1 heterocycles. The molecule has 2 nitrogen and oxygen atoms in total. The third kappa shape index (κ3) is 2.30. The Labute approximate surface area is 68.1 Å². The second kappa shape index (κ2) is 4.06. The topological polar surface area (TPSA) is 12.5 Å². The van der Waals surface area contributed by atoms with Crippen LogP contribution in [0.5, 0.6) is 0 Å². The van der Waals surface area contributed by atoms with E-state index in [4.69, 9.17) is 4.74 Å². The highest BCUT2D eigenvalue weighted by Gasteiger charge is 2.13. The SMILES string of the molecule is C=C1OCCN1CC=CCC. The molecular weight excluding hydrogens is 138 g/mol. The summed E-state index contributed by atoms with van der Waals surface area (Å²) in [4.78, 5) is 2.13. The van der Waals surface area contributed by atoms with Gasteiger partial charge in [-0.25, -0.2) is 0 Å². The maximum Gasteiger partial charge on any atom is 0.182 e. The van der Waals surface area contributed by atoms with E-state index < -0.39 is 0 Å². The molecule has 2 heteroatoms. The van der Waals surface area contributed by atoms with Gasteiger partial charge in [0.1, 0.15) is 6.61 Å². The Hall–Kier alpha value is -0.920. The highest BCUT2D eigenvalue weighted by molar-refractivity contribution is 4.94. The highest BCUT2D eigenvalue weighted by Crippen LogP contribution is 2.10. The van der Waals surface area contributed by atoms with E-state index >= 15 is 0 Å². The highest BCUT2D eigenvalue weighted by atomic mass is 16.5. The van der Waals surface area contributed by atoms with Crippen LogP contribution in [0.4, 0.5) is 0 Å². The van der Waals surface area contributed by atoms with E-state index in [1.54, 1.807) is 0 Å². The van der Waals surface area contributed by atoms with Gasteiger partial charge in [-0.3, -0.25) is 0 Å². The van der Waals surface area contributed by atoms with E-state index in [9.17, 15) is 0 Å². The number of nitrogens with zero attached hydrogens (tertiary/aromatic N) is 1. The number of hydrogen-bond donors (Lipinski definition) is 0. The maximum atomic E-state index is 5.19. The second-order valence-electron chi connectivity index (χ2n) is 2.57. The lowest BCUT2D eigenvalue weighted by molar-refractivity contribution is 0.242. The van der Waals surface area contributed by atoms with E-state index in [0.29, 0.717) is 0 Å². The zero-order chi connectivity index (χ0) is 8.10. The number of rotatable bonds is 3. The van der Waals surface area contributed by atoms with Gasteiger partial charge in [0, 0.05) is 6.54 Å². The molecule has 0 aliphatic carbocycles. The molecule has 1 aliphatic rings. The van der Waals surface area contributed by atoms with Gasteiger partial charge in [-0.2, -0.15) is 0 Å². The molecule has 0 aromatic rings. The summed E-state index contributed by atoms with van der Waals surface area (Å²) in [7, 11) is 0. The molecule has 1 aliphatic heterocycles. The Bertz CT molecular complexity index is 163. The van der Waals surface area contributed by atoms with E-state index in [1.165, 1.54) is 0 Å². The first kappa shape index (κ1) is 8.18. The van der Waals surface area contributed by atoms with Crippen LogP contribution < -0.4 is 0 Å². The van der Waals surface area contributed by atoms with Crippen molar-refractivity contribution in [1.82, 2.24) is 4.90 Å². The molecule has 11 heavy (non-hydrogen) atoms. The lowest BCUT2D eigenvalue weighted by Gasteiger charge is -2.12. The van der Waals surface area contributed by atoms with Crippen molar-refractivity contribution >= 4 is 0 Å². The Balaban J connectivity index is 2.25. The van der Waals surface area contributed by atoms with Crippen LogP contribution in [-0.4, -0.2) is 24.6 Å². The van der Waals surface area contributed by atoms with Crippen LogP contribution in [0, 0.1) is 0 Å². The zero-order valence-electron chi connectivity index (χ0n) is 7.05. The van der Waals surface area contributed by atoms with E-state index in [1.807, 2.05) is 0 Å². The van der Waals surface area contributed by atoms with Crippen molar-refractivity contribution in [2.24, 2.45) is 0 Å². The van der Waals surface area contributed by atoms with Gasteiger partial charge in [0.2, 0.25) is 0 Å². The van der Waals surface area contributed by atoms with E-state index in [0.717, 1.165) is 32.0 Å². The summed E-state index contributed by atoms with van der Waals surface area (Å²) < 4.78 is 5.19. The molecule has 1 rings (SSSR count). The average molecular weight is 153 g/mol. The van der Waals surface area contributed by atoms with Gasteiger partial charge in [-0.1, -0.05) is 19.1 Å². The van der Waals surface area contributed by atoms with Crippen molar-refractivity contribution in [3.8, 4) is 0 Å².